The van der Waals surface area contributed by atoms with Crippen molar-refractivity contribution < 1.29 is 18.3 Å². The minimum Gasteiger partial charge on any atom is -0.481 e. The molecule has 0 aliphatic rings. The summed E-state index contributed by atoms with van der Waals surface area (Å²) < 4.78 is 26.1. The average Bonchev–Trinajstić information content (AvgIpc) is 2.39. The predicted molar refractivity (Wildman–Crippen MR) is 76.8 cm³/mol. The van der Waals surface area contributed by atoms with Crippen LogP contribution in [0.3, 0.4) is 0 Å². The van der Waals surface area contributed by atoms with Crippen LogP contribution in [0.5, 0.6) is 0 Å². The lowest BCUT2D eigenvalue weighted by Crippen LogP contribution is -2.42. The number of benzene rings is 1. The number of sulfonamides is 1. The van der Waals surface area contributed by atoms with E-state index >= 15 is 0 Å². The van der Waals surface area contributed by atoms with Crippen molar-refractivity contribution in [2.45, 2.75) is 18.7 Å². The average molecular weight is 297 g/mol. The molecule has 0 saturated carbocycles. The highest BCUT2D eigenvalue weighted by atomic mass is 32.2. The molecule has 0 radical (unpaired) electrons. The summed E-state index contributed by atoms with van der Waals surface area (Å²) in [6, 6.07) is 7.94. The predicted octanol–water partition coefficient (Wildman–Crippen LogP) is 1.97. The van der Waals surface area contributed by atoms with Gasteiger partial charge in [-0.05, 0) is 26.0 Å². The molecule has 6 heteroatoms. The van der Waals surface area contributed by atoms with Crippen molar-refractivity contribution in [3.8, 4) is 0 Å². The Hall–Kier alpha value is -1.66. The summed E-state index contributed by atoms with van der Waals surface area (Å²) in [7, 11) is -3.73. The van der Waals surface area contributed by atoms with Crippen LogP contribution in [0.2, 0.25) is 0 Å². The van der Waals surface area contributed by atoms with E-state index in [4.69, 9.17) is 5.11 Å². The molecule has 0 aromatic heterocycles. The number of rotatable bonds is 7. The van der Waals surface area contributed by atoms with Crippen molar-refractivity contribution in [1.82, 2.24) is 4.31 Å². The van der Waals surface area contributed by atoms with E-state index < -0.39 is 21.4 Å². The molecule has 0 saturated heterocycles. The molecule has 0 heterocycles. The Labute approximate surface area is 119 Å². The van der Waals surface area contributed by atoms with Gasteiger partial charge in [-0.1, -0.05) is 24.3 Å². The second-order valence-corrected chi connectivity index (χ2v) is 7.03. The van der Waals surface area contributed by atoms with Crippen molar-refractivity contribution in [2.75, 3.05) is 13.1 Å². The van der Waals surface area contributed by atoms with Gasteiger partial charge in [0.2, 0.25) is 10.0 Å². The molecule has 1 rings (SSSR count). The highest BCUT2D eigenvalue weighted by molar-refractivity contribution is 7.89. The third-order valence-electron chi connectivity index (χ3n) is 2.86. The van der Waals surface area contributed by atoms with Gasteiger partial charge in [0.05, 0.1) is 10.3 Å². The van der Waals surface area contributed by atoms with Gasteiger partial charge in [-0.25, -0.2) is 8.42 Å². The molecular formula is C14H19NO4S. The SMILES string of the molecule is C=CCN(CC(C)(C)C(=O)O)S(=O)(=O)c1ccccc1. The van der Waals surface area contributed by atoms with E-state index in [1.54, 1.807) is 18.2 Å². The van der Waals surface area contributed by atoms with Gasteiger partial charge in [0.1, 0.15) is 0 Å². The number of nitrogens with zero attached hydrogens (tertiary/aromatic N) is 1. The molecule has 0 spiro atoms. The molecule has 20 heavy (non-hydrogen) atoms. The zero-order valence-electron chi connectivity index (χ0n) is 11.6. The van der Waals surface area contributed by atoms with Gasteiger partial charge < -0.3 is 5.11 Å². The van der Waals surface area contributed by atoms with E-state index in [0.717, 1.165) is 4.31 Å². The molecule has 1 aromatic rings. The first kappa shape index (κ1) is 16.4. The molecule has 5 nitrogen and oxygen atoms in total. The molecular weight excluding hydrogens is 278 g/mol. The van der Waals surface area contributed by atoms with Crippen LogP contribution in [0.4, 0.5) is 0 Å². The summed E-state index contributed by atoms with van der Waals surface area (Å²) in [6.45, 7) is 6.46. The fourth-order valence-electron chi connectivity index (χ4n) is 1.64. The van der Waals surface area contributed by atoms with E-state index in [2.05, 4.69) is 6.58 Å². The third kappa shape index (κ3) is 3.68. The second kappa shape index (κ2) is 6.19. The van der Waals surface area contributed by atoms with Crippen molar-refractivity contribution in [1.29, 1.82) is 0 Å². The summed E-state index contributed by atoms with van der Waals surface area (Å²) in [5.74, 6) is -1.05. The Balaban J connectivity index is 3.14. The maximum Gasteiger partial charge on any atom is 0.310 e. The molecule has 0 fully saturated rings. The molecule has 0 aliphatic heterocycles. The van der Waals surface area contributed by atoms with Gasteiger partial charge in [0.25, 0.3) is 0 Å². The minimum atomic E-state index is -3.73. The molecule has 0 amide bonds. The van der Waals surface area contributed by atoms with Crippen LogP contribution in [-0.4, -0.2) is 36.9 Å². The Bertz CT molecular complexity index is 578. The zero-order chi connectivity index (χ0) is 15.4. The quantitative estimate of drug-likeness (QED) is 0.781. The van der Waals surface area contributed by atoms with Gasteiger partial charge >= 0.3 is 5.97 Å². The minimum absolute atomic E-state index is 0.0634. The molecule has 1 aromatic carbocycles. The molecule has 0 atom stereocenters. The maximum atomic E-state index is 12.5. The van der Waals surface area contributed by atoms with Crippen LogP contribution >= 0.6 is 0 Å². The number of hydrogen-bond acceptors (Lipinski definition) is 3. The Morgan fingerprint density at radius 2 is 1.90 bits per heavy atom. The first-order chi connectivity index (χ1) is 9.21. The highest BCUT2D eigenvalue weighted by Crippen LogP contribution is 2.23. The Morgan fingerprint density at radius 1 is 1.35 bits per heavy atom. The largest absolute Gasteiger partial charge is 0.481 e. The van der Waals surface area contributed by atoms with Gasteiger partial charge in [-0.3, -0.25) is 4.79 Å². The zero-order valence-corrected chi connectivity index (χ0v) is 12.4. The molecule has 0 aliphatic carbocycles. The molecule has 1 N–H and O–H groups in total. The summed E-state index contributed by atoms with van der Waals surface area (Å²) in [5, 5.41) is 9.15. The van der Waals surface area contributed by atoms with Crippen molar-refractivity contribution in [3.63, 3.8) is 0 Å². The van der Waals surface area contributed by atoms with Gasteiger partial charge in [-0.2, -0.15) is 4.31 Å². The lowest BCUT2D eigenvalue weighted by atomic mass is 9.94. The Kier molecular flexibility index (Phi) is 5.08. The normalized spacial score (nSPS) is 12.3. The number of aliphatic carboxylic acids is 1. The van der Waals surface area contributed by atoms with E-state index in [0.29, 0.717) is 0 Å². The number of carbonyl (C=O) groups is 1. The van der Waals surface area contributed by atoms with Crippen molar-refractivity contribution >= 4 is 16.0 Å². The summed E-state index contributed by atoms with van der Waals surface area (Å²) in [5.41, 5.74) is -1.18. The highest BCUT2D eigenvalue weighted by Gasteiger charge is 2.34. The fraction of sp³-hybridized carbons (Fsp3) is 0.357. The number of carboxylic acid groups (broad SMARTS) is 1. The lowest BCUT2D eigenvalue weighted by Gasteiger charge is -2.28. The Morgan fingerprint density at radius 3 is 2.35 bits per heavy atom. The van der Waals surface area contributed by atoms with Crippen molar-refractivity contribution in [3.05, 3.63) is 43.0 Å². The summed E-state index contributed by atoms with van der Waals surface area (Å²) in [4.78, 5) is 11.3. The monoisotopic (exact) mass is 297 g/mol. The van der Waals surface area contributed by atoms with E-state index in [1.165, 1.54) is 32.1 Å². The maximum absolute atomic E-state index is 12.5. The van der Waals surface area contributed by atoms with E-state index in [9.17, 15) is 13.2 Å². The van der Waals surface area contributed by atoms with Gasteiger partial charge in [0.15, 0.2) is 0 Å². The smallest absolute Gasteiger partial charge is 0.310 e. The van der Waals surface area contributed by atoms with Crippen LogP contribution in [0, 0.1) is 5.41 Å². The van der Waals surface area contributed by atoms with Crippen LogP contribution < -0.4 is 0 Å². The van der Waals surface area contributed by atoms with Crippen molar-refractivity contribution in [2.24, 2.45) is 5.41 Å². The van der Waals surface area contributed by atoms with Crippen LogP contribution in [0.25, 0.3) is 0 Å². The standard InChI is InChI=1S/C14H19NO4S/c1-4-10-15(11-14(2,3)13(16)17)20(18,19)12-8-6-5-7-9-12/h4-9H,1,10-11H2,2-3H3,(H,16,17). The second-order valence-electron chi connectivity index (χ2n) is 5.09. The van der Waals surface area contributed by atoms with E-state index in [1.807, 2.05) is 0 Å². The lowest BCUT2D eigenvalue weighted by molar-refractivity contribution is -0.147. The molecule has 110 valence electrons. The van der Waals surface area contributed by atoms with Crippen LogP contribution in [-0.2, 0) is 14.8 Å². The first-order valence-electron chi connectivity index (χ1n) is 6.11. The van der Waals surface area contributed by atoms with E-state index in [-0.39, 0.29) is 18.0 Å². The number of hydrogen-bond donors (Lipinski definition) is 1. The third-order valence-corrected chi connectivity index (χ3v) is 4.69. The number of carboxylic acids is 1. The molecule has 0 unspecified atom stereocenters. The van der Waals surface area contributed by atoms with Crippen LogP contribution in [0.1, 0.15) is 13.8 Å². The van der Waals surface area contributed by atoms with Gasteiger partial charge in [0, 0.05) is 13.1 Å². The topological polar surface area (TPSA) is 74.7 Å². The van der Waals surface area contributed by atoms with Crippen LogP contribution in [0.15, 0.2) is 47.9 Å². The summed E-state index contributed by atoms with van der Waals surface area (Å²) in [6.07, 6.45) is 1.44. The van der Waals surface area contributed by atoms with Gasteiger partial charge in [-0.15, -0.1) is 6.58 Å². The first-order valence-corrected chi connectivity index (χ1v) is 7.55. The molecule has 0 bridgehead atoms. The summed E-state index contributed by atoms with van der Waals surface area (Å²) >= 11 is 0. The fourth-order valence-corrected chi connectivity index (χ4v) is 3.24.